The van der Waals surface area contributed by atoms with Crippen LogP contribution in [0.4, 0.5) is 4.39 Å². The van der Waals surface area contributed by atoms with Crippen LogP contribution in [0.2, 0.25) is 0 Å². The predicted octanol–water partition coefficient (Wildman–Crippen LogP) is 3.46. The van der Waals surface area contributed by atoms with Crippen LogP contribution in [0.3, 0.4) is 0 Å². The van der Waals surface area contributed by atoms with Crippen molar-refractivity contribution in [2.45, 2.75) is 19.5 Å². The van der Waals surface area contributed by atoms with E-state index in [2.05, 4.69) is 5.32 Å². The fourth-order valence-electron chi connectivity index (χ4n) is 2.85. The van der Waals surface area contributed by atoms with Gasteiger partial charge in [-0.2, -0.15) is 0 Å². The number of methoxy groups -OCH3 is 2. The molecule has 1 N–H and O–H groups in total. The zero-order valence-corrected chi connectivity index (χ0v) is 14.6. The van der Waals surface area contributed by atoms with Gasteiger partial charge in [0.1, 0.15) is 24.8 Å². The fraction of sp³-hybridized carbons (Fsp3) is 0.368. The van der Waals surface area contributed by atoms with Crippen LogP contribution in [0.25, 0.3) is 0 Å². The molecule has 0 aliphatic carbocycles. The second-order valence-electron chi connectivity index (χ2n) is 5.81. The summed E-state index contributed by atoms with van der Waals surface area (Å²) in [5, 5.41) is 3.38. The van der Waals surface area contributed by atoms with Crippen LogP contribution in [-0.4, -0.2) is 27.4 Å². The summed E-state index contributed by atoms with van der Waals surface area (Å²) in [6, 6.07) is 8.26. The third kappa shape index (κ3) is 3.79. The summed E-state index contributed by atoms with van der Waals surface area (Å²) in [6.07, 6.45) is 0. The molecule has 0 fully saturated rings. The molecule has 1 atom stereocenters. The largest absolute Gasteiger partial charge is 0.496 e. The highest BCUT2D eigenvalue weighted by molar-refractivity contribution is 5.54. The Morgan fingerprint density at radius 1 is 1.08 bits per heavy atom. The zero-order chi connectivity index (χ0) is 17.8. The van der Waals surface area contributed by atoms with Gasteiger partial charge in [0.25, 0.3) is 0 Å². The maximum Gasteiger partial charge on any atom is 0.203 e. The molecule has 1 unspecified atom stereocenters. The highest BCUT2D eigenvalue weighted by Gasteiger charge is 2.19. The molecule has 0 saturated heterocycles. The van der Waals surface area contributed by atoms with Crippen molar-refractivity contribution in [1.82, 2.24) is 5.32 Å². The molecular formula is C19H22FNO4. The fourth-order valence-corrected chi connectivity index (χ4v) is 2.85. The second kappa shape index (κ2) is 7.61. The van der Waals surface area contributed by atoms with Crippen LogP contribution in [0.15, 0.2) is 30.3 Å². The topological polar surface area (TPSA) is 49.0 Å². The van der Waals surface area contributed by atoms with Crippen LogP contribution in [0.1, 0.15) is 24.1 Å². The van der Waals surface area contributed by atoms with E-state index >= 15 is 0 Å². The van der Waals surface area contributed by atoms with Gasteiger partial charge in [0.15, 0.2) is 11.5 Å². The number of rotatable bonds is 6. The van der Waals surface area contributed by atoms with Gasteiger partial charge in [-0.15, -0.1) is 0 Å². The number of ether oxygens (including phenoxy) is 4. The monoisotopic (exact) mass is 347 g/mol. The molecule has 134 valence electrons. The van der Waals surface area contributed by atoms with Crippen molar-refractivity contribution < 1.29 is 23.3 Å². The Morgan fingerprint density at radius 2 is 1.84 bits per heavy atom. The lowest BCUT2D eigenvalue weighted by molar-refractivity contribution is 0.165. The van der Waals surface area contributed by atoms with E-state index in [1.54, 1.807) is 20.3 Å². The van der Waals surface area contributed by atoms with Crippen LogP contribution in [0, 0.1) is 5.82 Å². The number of fused-ring (bicyclic) bond motifs is 1. The Labute approximate surface area is 146 Å². The van der Waals surface area contributed by atoms with E-state index in [-0.39, 0.29) is 11.9 Å². The Bertz CT molecular complexity index is 733. The van der Waals surface area contributed by atoms with Gasteiger partial charge in [-0.3, -0.25) is 0 Å². The lowest BCUT2D eigenvalue weighted by Gasteiger charge is -2.22. The molecule has 2 aromatic rings. The van der Waals surface area contributed by atoms with Gasteiger partial charge in [-0.1, -0.05) is 0 Å². The summed E-state index contributed by atoms with van der Waals surface area (Å²) in [5.41, 5.74) is 1.76. The third-order valence-corrected chi connectivity index (χ3v) is 4.16. The maximum absolute atomic E-state index is 13.6. The first kappa shape index (κ1) is 17.4. The molecular weight excluding hydrogens is 325 g/mol. The molecule has 0 bridgehead atoms. The molecule has 5 nitrogen and oxygen atoms in total. The van der Waals surface area contributed by atoms with Gasteiger partial charge in [0.05, 0.1) is 14.2 Å². The minimum Gasteiger partial charge on any atom is -0.496 e. The molecule has 1 aliphatic rings. The normalized spacial score (nSPS) is 14.1. The summed E-state index contributed by atoms with van der Waals surface area (Å²) in [6.45, 7) is 3.56. The number of hydrogen-bond donors (Lipinski definition) is 1. The summed E-state index contributed by atoms with van der Waals surface area (Å²) in [5.74, 6) is 2.33. The van der Waals surface area contributed by atoms with Crippen molar-refractivity contribution in [2.75, 3.05) is 27.4 Å². The molecule has 25 heavy (non-hydrogen) atoms. The van der Waals surface area contributed by atoms with Crippen molar-refractivity contribution in [3.8, 4) is 23.0 Å². The molecule has 2 aromatic carbocycles. The lowest BCUT2D eigenvalue weighted by atomic mass is 10.1. The van der Waals surface area contributed by atoms with Crippen LogP contribution in [0.5, 0.6) is 23.0 Å². The van der Waals surface area contributed by atoms with Crippen molar-refractivity contribution in [1.29, 1.82) is 0 Å². The highest BCUT2D eigenvalue weighted by atomic mass is 19.1. The first-order chi connectivity index (χ1) is 12.1. The van der Waals surface area contributed by atoms with Crippen molar-refractivity contribution in [2.24, 2.45) is 0 Å². The van der Waals surface area contributed by atoms with E-state index in [0.29, 0.717) is 42.8 Å². The van der Waals surface area contributed by atoms with Gasteiger partial charge in [0, 0.05) is 18.2 Å². The quantitative estimate of drug-likeness (QED) is 0.867. The number of hydrogen-bond acceptors (Lipinski definition) is 5. The van der Waals surface area contributed by atoms with E-state index < -0.39 is 0 Å². The van der Waals surface area contributed by atoms with Gasteiger partial charge < -0.3 is 24.3 Å². The van der Waals surface area contributed by atoms with E-state index in [1.807, 2.05) is 19.1 Å². The first-order valence-electron chi connectivity index (χ1n) is 8.15. The van der Waals surface area contributed by atoms with Crippen molar-refractivity contribution in [3.05, 3.63) is 47.3 Å². The standard InChI is InChI=1S/C19H22FNO4/c1-12(15-10-14(20)4-5-16(15)22-2)21-11-13-8-17(23-3)19-18(9-13)24-6-7-25-19/h4-5,8-10,12,21H,6-7,11H2,1-3H3. The van der Waals surface area contributed by atoms with Gasteiger partial charge in [-0.25, -0.2) is 4.39 Å². The molecule has 0 aromatic heterocycles. The number of benzene rings is 2. The first-order valence-corrected chi connectivity index (χ1v) is 8.15. The lowest BCUT2D eigenvalue weighted by Crippen LogP contribution is -2.20. The minimum absolute atomic E-state index is 0.0927. The van der Waals surface area contributed by atoms with E-state index in [9.17, 15) is 4.39 Å². The zero-order valence-electron chi connectivity index (χ0n) is 14.6. The summed E-state index contributed by atoms with van der Waals surface area (Å²) in [4.78, 5) is 0. The molecule has 6 heteroatoms. The number of halogens is 1. The molecule has 0 spiro atoms. The summed E-state index contributed by atoms with van der Waals surface area (Å²) >= 11 is 0. The third-order valence-electron chi connectivity index (χ3n) is 4.16. The average molecular weight is 347 g/mol. The van der Waals surface area contributed by atoms with E-state index in [0.717, 1.165) is 11.1 Å². The van der Waals surface area contributed by atoms with E-state index in [1.165, 1.54) is 12.1 Å². The van der Waals surface area contributed by atoms with Crippen LogP contribution >= 0.6 is 0 Å². The maximum atomic E-state index is 13.6. The molecule has 3 rings (SSSR count). The second-order valence-corrected chi connectivity index (χ2v) is 5.81. The predicted molar refractivity (Wildman–Crippen MR) is 92.2 cm³/mol. The average Bonchev–Trinajstić information content (AvgIpc) is 2.65. The van der Waals surface area contributed by atoms with Gasteiger partial charge >= 0.3 is 0 Å². The summed E-state index contributed by atoms with van der Waals surface area (Å²) in [7, 11) is 3.18. The number of nitrogens with one attached hydrogen (secondary N) is 1. The van der Waals surface area contributed by atoms with Gasteiger partial charge in [-0.05, 0) is 42.8 Å². The Morgan fingerprint density at radius 3 is 2.60 bits per heavy atom. The van der Waals surface area contributed by atoms with E-state index in [4.69, 9.17) is 18.9 Å². The SMILES string of the molecule is COc1ccc(F)cc1C(C)NCc1cc(OC)c2c(c1)OCCO2. The molecule has 1 heterocycles. The molecule has 0 saturated carbocycles. The smallest absolute Gasteiger partial charge is 0.203 e. The van der Waals surface area contributed by atoms with Crippen LogP contribution in [-0.2, 0) is 6.54 Å². The molecule has 0 radical (unpaired) electrons. The van der Waals surface area contributed by atoms with Crippen molar-refractivity contribution >= 4 is 0 Å². The van der Waals surface area contributed by atoms with Crippen LogP contribution < -0.4 is 24.3 Å². The van der Waals surface area contributed by atoms with Crippen molar-refractivity contribution in [3.63, 3.8) is 0 Å². The Kier molecular flexibility index (Phi) is 5.28. The molecule has 1 aliphatic heterocycles. The Balaban J connectivity index is 1.76. The molecule has 0 amide bonds. The van der Waals surface area contributed by atoms with Gasteiger partial charge in [0.2, 0.25) is 5.75 Å². The minimum atomic E-state index is -0.287. The summed E-state index contributed by atoms with van der Waals surface area (Å²) < 4.78 is 35.5. The Hall–Kier alpha value is -2.47. The highest BCUT2D eigenvalue weighted by Crippen LogP contribution is 2.40.